The van der Waals surface area contributed by atoms with Crippen LogP contribution in [0.2, 0.25) is 0 Å². The van der Waals surface area contributed by atoms with E-state index in [1.165, 1.54) is 0 Å². The SMILES string of the molecule is COCCOc1ncc2c(n1)N(Cc1ccc(C#N)cc1)C(O)N2. The minimum absolute atomic E-state index is 0.228. The van der Waals surface area contributed by atoms with Crippen molar-refractivity contribution >= 4 is 11.5 Å². The van der Waals surface area contributed by atoms with E-state index in [9.17, 15) is 5.11 Å². The molecule has 0 saturated carbocycles. The third kappa shape index (κ3) is 3.37. The first kappa shape index (κ1) is 16.0. The molecule has 0 bridgehead atoms. The Hall–Kier alpha value is -2.89. The molecular weight excluding hydrogens is 310 g/mol. The van der Waals surface area contributed by atoms with E-state index in [1.54, 1.807) is 30.3 Å². The van der Waals surface area contributed by atoms with Crippen LogP contribution in [0.3, 0.4) is 0 Å². The maximum Gasteiger partial charge on any atom is 0.318 e. The fourth-order valence-corrected chi connectivity index (χ4v) is 2.34. The van der Waals surface area contributed by atoms with Crippen LogP contribution >= 0.6 is 0 Å². The monoisotopic (exact) mass is 327 g/mol. The van der Waals surface area contributed by atoms with Gasteiger partial charge in [0.05, 0.1) is 30.1 Å². The van der Waals surface area contributed by atoms with Crippen molar-refractivity contribution in [2.24, 2.45) is 0 Å². The Bertz CT molecular complexity index is 744. The van der Waals surface area contributed by atoms with Crippen LogP contribution in [0.25, 0.3) is 0 Å². The average molecular weight is 327 g/mol. The highest BCUT2D eigenvalue weighted by molar-refractivity contribution is 5.70. The molecule has 124 valence electrons. The highest BCUT2D eigenvalue weighted by atomic mass is 16.5. The summed E-state index contributed by atoms with van der Waals surface area (Å²) >= 11 is 0. The molecule has 2 aromatic rings. The van der Waals surface area contributed by atoms with Gasteiger partial charge in [0.15, 0.2) is 5.82 Å². The van der Waals surface area contributed by atoms with Gasteiger partial charge in [0.2, 0.25) is 6.35 Å². The zero-order chi connectivity index (χ0) is 16.9. The molecule has 0 spiro atoms. The quantitative estimate of drug-likeness (QED) is 0.760. The molecule has 1 aromatic heterocycles. The van der Waals surface area contributed by atoms with Crippen LogP contribution in [0.15, 0.2) is 30.5 Å². The number of benzene rings is 1. The van der Waals surface area contributed by atoms with Gasteiger partial charge in [0.25, 0.3) is 0 Å². The summed E-state index contributed by atoms with van der Waals surface area (Å²) in [4.78, 5) is 10.1. The second-order valence-electron chi connectivity index (χ2n) is 5.19. The summed E-state index contributed by atoms with van der Waals surface area (Å²) in [6.45, 7) is 1.22. The third-order valence-corrected chi connectivity index (χ3v) is 3.55. The Kier molecular flexibility index (Phi) is 4.74. The van der Waals surface area contributed by atoms with Gasteiger partial charge in [-0.25, -0.2) is 4.98 Å². The number of aliphatic hydroxyl groups excluding tert-OH is 1. The van der Waals surface area contributed by atoms with Crippen LogP contribution in [0.5, 0.6) is 6.01 Å². The van der Waals surface area contributed by atoms with Gasteiger partial charge in [-0.15, -0.1) is 0 Å². The molecule has 1 atom stereocenters. The zero-order valence-electron chi connectivity index (χ0n) is 13.1. The molecule has 1 aliphatic rings. The first-order valence-electron chi connectivity index (χ1n) is 7.40. The van der Waals surface area contributed by atoms with Crippen LogP contribution in [-0.4, -0.2) is 41.7 Å². The van der Waals surface area contributed by atoms with Crippen LogP contribution in [0.4, 0.5) is 11.5 Å². The molecule has 0 aliphatic carbocycles. The topological polar surface area (TPSA) is 104 Å². The van der Waals surface area contributed by atoms with Crippen LogP contribution in [0.1, 0.15) is 11.1 Å². The predicted octanol–water partition coefficient (Wildman–Crippen LogP) is 1.08. The number of nitriles is 1. The summed E-state index contributed by atoms with van der Waals surface area (Å²) in [5.41, 5.74) is 2.17. The molecule has 2 N–H and O–H groups in total. The predicted molar refractivity (Wildman–Crippen MR) is 86.4 cm³/mol. The van der Waals surface area contributed by atoms with E-state index in [1.807, 2.05) is 12.1 Å². The van der Waals surface area contributed by atoms with Gasteiger partial charge >= 0.3 is 6.01 Å². The van der Waals surface area contributed by atoms with E-state index in [0.717, 1.165) is 5.56 Å². The summed E-state index contributed by atoms with van der Waals surface area (Å²) in [7, 11) is 1.59. The lowest BCUT2D eigenvalue weighted by Gasteiger charge is -2.21. The Balaban J connectivity index is 1.77. The Morgan fingerprint density at radius 2 is 2.12 bits per heavy atom. The molecule has 24 heavy (non-hydrogen) atoms. The number of nitrogens with zero attached hydrogens (tertiary/aromatic N) is 4. The number of ether oxygens (including phenoxy) is 2. The molecular formula is C16H17N5O3. The van der Waals surface area contributed by atoms with E-state index in [4.69, 9.17) is 14.7 Å². The lowest BCUT2D eigenvalue weighted by molar-refractivity contribution is 0.141. The van der Waals surface area contributed by atoms with Crippen molar-refractivity contribution < 1.29 is 14.6 Å². The van der Waals surface area contributed by atoms with Gasteiger partial charge in [0, 0.05) is 13.7 Å². The number of anilines is 2. The molecule has 3 rings (SSSR count). The van der Waals surface area contributed by atoms with Crippen LogP contribution < -0.4 is 15.0 Å². The zero-order valence-corrected chi connectivity index (χ0v) is 13.1. The smallest absolute Gasteiger partial charge is 0.318 e. The van der Waals surface area contributed by atoms with Crippen molar-refractivity contribution in [3.8, 4) is 12.1 Å². The maximum atomic E-state index is 10.2. The van der Waals surface area contributed by atoms with E-state index < -0.39 is 6.35 Å². The normalized spacial score (nSPS) is 15.5. The largest absolute Gasteiger partial charge is 0.461 e. The number of methoxy groups -OCH3 is 1. The van der Waals surface area contributed by atoms with Gasteiger partial charge in [-0.2, -0.15) is 10.2 Å². The minimum Gasteiger partial charge on any atom is -0.461 e. The number of aromatic nitrogens is 2. The summed E-state index contributed by atoms with van der Waals surface area (Å²) in [5, 5.41) is 22.0. The molecule has 0 fully saturated rings. The van der Waals surface area contributed by atoms with Crippen molar-refractivity contribution in [1.29, 1.82) is 5.26 Å². The van der Waals surface area contributed by atoms with Crippen molar-refractivity contribution in [3.63, 3.8) is 0 Å². The van der Waals surface area contributed by atoms with E-state index >= 15 is 0 Å². The molecule has 0 amide bonds. The molecule has 2 heterocycles. The minimum atomic E-state index is -0.904. The van der Waals surface area contributed by atoms with Gasteiger partial charge in [-0.3, -0.25) is 0 Å². The summed E-state index contributed by atoms with van der Waals surface area (Å²) in [6.07, 6.45) is 0.672. The molecule has 0 radical (unpaired) electrons. The number of nitrogens with one attached hydrogen (secondary N) is 1. The van der Waals surface area contributed by atoms with Gasteiger partial charge in [-0.05, 0) is 17.7 Å². The fourth-order valence-electron chi connectivity index (χ4n) is 2.34. The first-order valence-corrected chi connectivity index (χ1v) is 7.40. The standard InChI is InChI=1S/C16H17N5O3/c1-23-6-7-24-15-18-9-13-14(20-15)21(16(22)19-13)10-12-4-2-11(8-17)3-5-12/h2-5,9,16,19,22H,6-7,10H2,1H3. The lowest BCUT2D eigenvalue weighted by atomic mass is 10.1. The average Bonchev–Trinajstić information content (AvgIpc) is 2.91. The number of hydrogen-bond donors (Lipinski definition) is 2. The molecule has 1 aliphatic heterocycles. The van der Waals surface area contributed by atoms with Gasteiger partial charge in [-0.1, -0.05) is 12.1 Å². The molecule has 0 saturated heterocycles. The van der Waals surface area contributed by atoms with E-state index in [2.05, 4.69) is 21.4 Å². The number of hydrogen-bond acceptors (Lipinski definition) is 8. The third-order valence-electron chi connectivity index (χ3n) is 3.55. The van der Waals surface area contributed by atoms with Crippen molar-refractivity contribution in [3.05, 3.63) is 41.6 Å². The number of fused-ring (bicyclic) bond motifs is 1. The molecule has 8 heteroatoms. The van der Waals surface area contributed by atoms with Gasteiger partial charge < -0.3 is 24.8 Å². The van der Waals surface area contributed by atoms with Crippen molar-refractivity contribution in [2.45, 2.75) is 12.9 Å². The molecule has 1 aromatic carbocycles. The van der Waals surface area contributed by atoms with Crippen molar-refractivity contribution in [2.75, 3.05) is 30.5 Å². The highest BCUT2D eigenvalue weighted by Gasteiger charge is 2.29. The number of rotatable bonds is 6. The second kappa shape index (κ2) is 7.12. The number of aliphatic hydroxyl groups is 1. The Morgan fingerprint density at radius 1 is 1.33 bits per heavy atom. The second-order valence-corrected chi connectivity index (χ2v) is 5.19. The Labute approximate surface area is 139 Å². The summed E-state index contributed by atoms with van der Waals surface area (Å²) in [5.74, 6) is 0.564. The lowest BCUT2D eigenvalue weighted by Crippen LogP contribution is -2.35. The molecule has 1 unspecified atom stereocenters. The molecule has 8 nitrogen and oxygen atoms in total. The van der Waals surface area contributed by atoms with E-state index in [0.29, 0.717) is 36.8 Å². The first-order chi connectivity index (χ1) is 11.7. The summed E-state index contributed by atoms with van der Waals surface area (Å²) in [6, 6.07) is 9.49. The summed E-state index contributed by atoms with van der Waals surface area (Å²) < 4.78 is 10.3. The van der Waals surface area contributed by atoms with Crippen LogP contribution in [-0.2, 0) is 11.3 Å². The van der Waals surface area contributed by atoms with E-state index in [-0.39, 0.29) is 6.01 Å². The van der Waals surface area contributed by atoms with Crippen LogP contribution in [0, 0.1) is 11.3 Å². The Morgan fingerprint density at radius 3 is 2.83 bits per heavy atom. The fraction of sp³-hybridized carbons (Fsp3) is 0.312. The van der Waals surface area contributed by atoms with Gasteiger partial charge in [0.1, 0.15) is 6.61 Å². The van der Waals surface area contributed by atoms with Crippen molar-refractivity contribution in [1.82, 2.24) is 9.97 Å². The highest BCUT2D eigenvalue weighted by Crippen LogP contribution is 2.33. The maximum absolute atomic E-state index is 10.2.